The van der Waals surface area contributed by atoms with Gasteiger partial charge in [-0.1, -0.05) is 0 Å². The number of amides is 2. The molecule has 9 heteroatoms. The summed E-state index contributed by atoms with van der Waals surface area (Å²) < 4.78 is 13.1. The lowest BCUT2D eigenvalue weighted by Crippen LogP contribution is -2.26. The van der Waals surface area contributed by atoms with E-state index in [0.717, 1.165) is 17.1 Å². The highest BCUT2D eigenvalue weighted by molar-refractivity contribution is 5.95. The molecule has 0 aliphatic carbocycles. The Balaban J connectivity index is 1.64. The molecule has 1 atom stereocenters. The molecule has 142 valence electrons. The molecule has 1 saturated heterocycles. The molecule has 4 rings (SSSR count). The van der Waals surface area contributed by atoms with Crippen molar-refractivity contribution < 1.29 is 19.1 Å². The lowest BCUT2D eigenvalue weighted by molar-refractivity contribution is -0.118. The van der Waals surface area contributed by atoms with Gasteiger partial charge in [0.2, 0.25) is 11.8 Å². The first-order valence-corrected chi connectivity index (χ1v) is 8.75. The van der Waals surface area contributed by atoms with Crippen LogP contribution in [0.4, 0.5) is 11.5 Å². The summed E-state index contributed by atoms with van der Waals surface area (Å²) in [6, 6.07) is 5.55. The van der Waals surface area contributed by atoms with Crippen molar-refractivity contribution in [2.24, 2.45) is 5.73 Å². The number of carbonyl (C=O) groups excluding carboxylic acids is 2. The predicted octanol–water partition coefficient (Wildman–Crippen LogP) is 0.591. The number of nitrogens with zero attached hydrogens (tertiary/aromatic N) is 3. The van der Waals surface area contributed by atoms with E-state index in [9.17, 15) is 9.59 Å². The van der Waals surface area contributed by atoms with Gasteiger partial charge in [0.25, 0.3) is 0 Å². The summed E-state index contributed by atoms with van der Waals surface area (Å²) >= 11 is 0. The topological polar surface area (TPSA) is 112 Å². The number of benzene rings is 1. The fourth-order valence-electron chi connectivity index (χ4n) is 3.35. The predicted molar refractivity (Wildman–Crippen MR) is 98.6 cm³/mol. The zero-order chi connectivity index (χ0) is 19.0. The van der Waals surface area contributed by atoms with E-state index in [1.165, 1.54) is 0 Å². The van der Waals surface area contributed by atoms with E-state index in [-0.39, 0.29) is 18.6 Å². The van der Waals surface area contributed by atoms with E-state index < -0.39 is 5.91 Å². The number of primary amides is 1. The number of hydrogen-bond donors (Lipinski definition) is 2. The van der Waals surface area contributed by atoms with Crippen LogP contribution in [0.15, 0.2) is 24.4 Å². The third-order valence-corrected chi connectivity index (χ3v) is 4.74. The first-order valence-electron chi connectivity index (χ1n) is 8.75. The van der Waals surface area contributed by atoms with E-state index in [0.29, 0.717) is 37.7 Å². The number of ether oxygens (including phenoxy) is 2. The highest BCUT2D eigenvalue weighted by Crippen LogP contribution is 2.36. The van der Waals surface area contributed by atoms with Crippen LogP contribution >= 0.6 is 0 Å². The third-order valence-electron chi connectivity index (χ3n) is 4.74. The first kappa shape index (κ1) is 17.3. The second-order valence-electron chi connectivity index (χ2n) is 6.56. The van der Waals surface area contributed by atoms with Crippen molar-refractivity contribution >= 4 is 23.3 Å². The lowest BCUT2D eigenvalue weighted by Gasteiger charge is -2.13. The van der Waals surface area contributed by atoms with Gasteiger partial charge in [-0.15, -0.1) is 0 Å². The van der Waals surface area contributed by atoms with Gasteiger partial charge in [-0.25, -0.2) is 4.98 Å². The fraction of sp³-hybridized carbons (Fsp3) is 0.389. The van der Waals surface area contributed by atoms with Crippen molar-refractivity contribution in [2.45, 2.75) is 19.1 Å². The summed E-state index contributed by atoms with van der Waals surface area (Å²) in [7, 11) is 1.61. The van der Waals surface area contributed by atoms with Crippen LogP contribution in [0, 0.1) is 0 Å². The van der Waals surface area contributed by atoms with Crippen molar-refractivity contribution in [1.82, 2.24) is 9.55 Å². The van der Waals surface area contributed by atoms with Gasteiger partial charge in [0.1, 0.15) is 18.2 Å². The van der Waals surface area contributed by atoms with Gasteiger partial charge in [-0.2, -0.15) is 0 Å². The van der Waals surface area contributed by atoms with E-state index >= 15 is 0 Å². The quantitative estimate of drug-likeness (QED) is 0.796. The fourth-order valence-corrected chi connectivity index (χ4v) is 3.35. The minimum absolute atomic E-state index is 0.0117. The van der Waals surface area contributed by atoms with Crippen LogP contribution in [-0.4, -0.2) is 54.3 Å². The van der Waals surface area contributed by atoms with Crippen LogP contribution < -0.4 is 20.7 Å². The molecule has 1 fully saturated rings. The van der Waals surface area contributed by atoms with Gasteiger partial charge in [0, 0.05) is 25.1 Å². The molecule has 2 amide bonds. The van der Waals surface area contributed by atoms with Gasteiger partial charge >= 0.3 is 0 Å². The number of imidazole rings is 1. The molecule has 0 saturated carbocycles. The smallest absolute Gasteiger partial charge is 0.236 e. The Hall–Kier alpha value is -3.07. The maximum Gasteiger partial charge on any atom is 0.236 e. The summed E-state index contributed by atoms with van der Waals surface area (Å²) in [5.41, 5.74) is 6.75. The number of aromatic nitrogens is 2. The SMILES string of the molecule is COC1CC(=O)N(c2cn3c(n2)-c2ccc(NCC(N)=O)cc2OCC3)C1. The molecule has 1 unspecified atom stereocenters. The number of hydrogen-bond acceptors (Lipinski definition) is 6. The maximum atomic E-state index is 12.3. The molecule has 0 radical (unpaired) electrons. The summed E-state index contributed by atoms with van der Waals surface area (Å²) in [4.78, 5) is 29.6. The lowest BCUT2D eigenvalue weighted by atomic mass is 10.1. The number of anilines is 2. The Kier molecular flexibility index (Phi) is 4.44. The van der Waals surface area contributed by atoms with Gasteiger partial charge in [-0.3, -0.25) is 14.5 Å². The molecule has 0 spiro atoms. The van der Waals surface area contributed by atoms with Crippen LogP contribution in [-0.2, 0) is 20.9 Å². The minimum Gasteiger partial charge on any atom is -0.491 e. The summed E-state index contributed by atoms with van der Waals surface area (Å²) in [5.74, 6) is 1.61. The van der Waals surface area contributed by atoms with Crippen LogP contribution in [0.3, 0.4) is 0 Å². The van der Waals surface area contributed by atoms with E-state index in [4.69, 9.17) is 20.2 Å². The van der Waals surface area contributed by atoms with Crippen molar-refractivity contribution in [3.05, 3.63) is 24.4 Å². The van der Waals surface area contributed by atoms with Crippen LogP contribution in [0.25, 0.3) is 11.4 Å². The van der Waals surface area contributed by atoms with Gasteiger partial charge < -0.3 is 25.1 Å². The number of nitrogens with two attached hydrogens (primary N) is 1. The molecule has 3 heterocycles. The second kappa shape index (κ2) is 6.92. The molecule has 27 heavy (non-hydrogen) atoms. The highest BCUT2D eigenvalue weighted by atomic mass is 16.5. The van der Waals surface area contributed by atoms with Crippen molar-refractivity contribution in [2.75, 3.05) is 37.0 Å². The first-order chi connectivity index (χ1) is 13.0. The highest BCUT2D eigenvalue weighted by Gasteiger charge is 2.33. The van der Waals surface area contributed by atoms with Crippen molar-refractivity contribution in [3.8, 4) is 17.1 Å². The van der Waals surface area contributed by atoms with Gasteiger partial charge in [0.15, 0.2) is 5.82 Å². The Bertz CT molecular complexity index is 894. The van der Waals surface area contributed by atoms with Gasteiger partial charge in [-0.05, 0) is 12.1 Å². The monoisotopic (exact) mass is 371 g/mol. The largest absolute Gasteiger partial charge is 0.491 e. The molecule has 1 aromatic carbocycles. The Morgan fingerprint density at radius 2 is 2.33 bits per heavy atom. The molecular weight excluding hydrogens is 350 g/mol. The van der Waals surface area contributed by atoms with Gasteiger partial charge in [0.05, 0.1) is 37.7 Å². The average molecular weight is 371 g/mol. The minimum atomic E-state index is -0.435. The zero-order valence-electron chi connectivity index (χ0n) is 15.0. The molecule has 1 aromatic heterocycles. The third kappa shape index (κ3) is 3.33. The van der Waals surface area contributed by atoms with E-state index in [1.807, 2.05) is 29.0 Å². The zero-order valence-corrected chi connectivity index (χ0v) is 15.0. The number of nitrogens with one attached hydrogen (secondary N) is 1. The maximum absolute atomic E-state index is 12.3. The van der Waals surface area contributed by atoms with Crippen LogP contribution in [0.1, 0.15) is 6.42 Å². The van der Waals surface area contributed by atoms with Crippen LogP contribution in [0.2, 0.25) is 0 Å². The second-order valence-corrected chi connectivity index (χ2v) is 6.56. The molecule has 2 aromatic rings. The number of rotatable bonds is 5. The van der Waals surface area contributed by atoms with Crippen molar-refractivity contribution in [1.29, 1.82) is 0 Å². The van der Waals surface area contributed by atoms with E-state index in [2.05, 4.69) is 5.32 Å². The Labute approximate surface area is 156 Å². The Morgan fingerprint density at radius 1 is 1.48 bits per heavy atom. The van der Waals surface area contributed by atoms with E-state index in [1.54, 1.807) is 12.0 Å². The number of fused-ring (bicyclic) bond motifs is 3. The Morgan fingerprint density at radius 3 is 3.07 bits per heavy atom. The molecule has 3 N–H and O–H groups in total. The molecule has 0 bridgehead atoms. The van der Waals surface area contributed by atoms with Crippen LogP contribution in [0.5, 0.6) is 5.75 Å². The summed E-state index contributed by atoms with van der Waals surface area (Å²) in [5, 5.41) is 2.96. The summed E-state index contributed by atoms with van der Waals surface area (Å²) in [6.45, 7) is 1.65. The molecule has 2 aliphatic heterocycles. The standard InChI is InChI=1S/C18H21N5O4/c1-26-12-7-17(25)23(9-12)16-10-22-4-5-27-14-6-11(20-8-15(19)24)2-3-13(14)18(22)21-16/h2-3,6,10,12,20H,4-5,7-9H2,1H3,(H2,19,24). The average Bonchev–Trinajstić information content (AvgIpc) is 3.19. The van der Waals surface area contributed by atoms with Crippen molar-refractivity contribution in [3.63, 3.8) is 0 Å². The number of methoxy groups -OCH3 is 1. The summed E-state index contributed by atoms with van der Waals surface area (Å²) in [6.07, 6.45) is 2.14. The molecule has 9 nitrogen and oxygen atoms in total. The number of carbonyl (C=O) groups is 2. The molecule has 2 aliphatic rings. The molecular formula is C18H21N5O4. The normalized spacial score (nSPS) is 18.5.